The summed E-state index contributed by atoms with van der Waals surface area (Å²) in [6, 6.07) is 7.68. The van der Waals surface area contributed by atoms with Crippen LogP contribution in [0.25, 0.3) is 10.9 Å². The van der Waals surface area contributed by atoms with Crippen molar-refractivity contribution in [3.63, 3.8) is 0 Å². The minimum atomic E-state index is -0.122. The molecule has 7 heteroatoms. The number of hydrogen-bond acceptors (Lipinski definition) is 5. The number of rotatable bonds is 4. The smallest absolute Gasteiger partial charge is 0.278 e. The molecule has 7 nitrogen and oxygen atoms in total. The lowest BCUT2D eigenvalue weighted by atomic mass is 10.1. The Hall–Kier alpha value is -3.09. The largest absolute Gasteiger partial charge is 0.477 e. The molecule has 2 aromatic heterocycles. The first kappa shape index (κ1) is 15.4. The first-order valence-electron chi connectivity index (χ1n) is 8.12. The standard InChI is InChI=1S/C18H18N4O3/c1-24-16-17(21-8-7-20-16)25-14-5-9-22(11-14)18(23)13-3-2-12-4-6-19-15(12)10-13/h2-4,6-8,10,14,19H,5,9,11H2,1H3. The van der Waals surface area contributed by atoms with E-state index in [-0.39, 0.29) is 12.0 Å². The Morgan fingerprint density at radius 2 is 2.08 bits per heavy atom. The molecule has 1 fully saturated rings. The van der Waals surface area contributed by atoms with Gasteiger partial charge in [-0.2, -0.15) is 0 Å². The van der Waals surface area contributed by atoms with E-state index >= 15 is 0 Å². The quantitative estimate of drug-likeness (QED) is 0.789. The average molecular weight is 338 g/mol. The van der Waals surface area contributed by atoms with E-state index in [0.717, 1.165) is 17.3 Å². The minimum Gasteiger partial charge on any atom is -0.477 e. The van der Waals surface area contributed by atoms with Crippen LogP contribution in [0.15, 0.2) is 42.9 Å². The molecule has 1 aliphatic heterocycles. The third-order valence-corrected chi connectivity index (χ3v) is 4.34. The van der Waals surface area contributed by atoms with Gasteiger partial charge in [0.25, 0.3) is 17.7 Å². The number of nitrogens with zero attached hydrogens (tertiary/aromatic N) is 3. The van der Waals surface area contributed by atoms with E-state index in [1.54, 1.807) is 17.3 Å². The van der Waals surface area contributed by atoms with Crippen LogP contribution in [0, 0.1) is 0 Å². The minimum absolute atomic E-state index is 0.00807. The summed E-state index contributed by atoms with van der Waals surface area (Å²) >= 11 is 0. The number of aromatic amines is 1. The Kier molecular flexibility index (Phi) is 3.97. The molecule has 4 rings (SSSR count). The summed E-state index contributed by atoms with van der Waals surface area (Å²) in [6.45, 7) is 1.16. The van der Waals surface area contributed by atoms with Gasteiger partial charge < -0.3 is 19.4 Å². The molecule has 0 saturated carbocycles. The molecule has 1 aliphatic rings. The van der Waals surface area contributed by atoms with Crippen molar-refractivity contribution in [3.05, 3.63) is 48.4 Å². The van der Waals surface area contributed by atoms with Crippen LogP contribution in [0.3, 0.4) is 0 Å². The molecule has 1 aromatic carbocycles. The molecule has 1 amide bonds. The molecule has 25 heavy (non-hydrogen) atoms. The van der Waals surface area contributed by atoms with Crippen molar-refractivity contribution < 1.29 is 14.3 Å². The SMILES string of the molecule is COc1nccnc1OC1CCN(C(=O)c2ccc3cc[nH]c3c2)C1. The van der Waals surface area contributed by atoms with Gasteiger partial charge in [-0.1, -0.05) is 6.07 Å². The number of benzene rings is 1. The van der Waals surface area contributed by atoms with Crippen LogP contribution in [0.2, 0.25) is 0 Å². The number of nitrogens with one attached hydrogen (secondary N) is 1. The number of likely N-dealkylation sites (tertiary alicyclic amines) is 1. The molecular formula is C18H18N4O3. The Bertz CT molecular complexity index is 908. The number of amides is 1. The van der Waals surface area contributed by atoms with E-state index in [2.05, 4.69) is 15.0 Å². The van der Waals surface area contributed by atoms with E-state index in [1.165, 1.54) is 7.11 Å². The summed E-state index contributed by atoms with van der Waals surface area (Å²) in [5, 5.41) is 1.09. The predicted octanol–water partition coefficient (Wildman–Crippen LogP) is 2.26. The summed E-state index contributed by atoms with van der Waals surface area (Å²) in [4.78, 5) is 25.9. The van der Waals surface area contributed by atoms with Gasteiger partial charge in [0.05, 0.1) is 13.7 Å². The van der Waals surface area contributed by atoms with Crippen molar-refractivity contribution in [1.29, 1.82) is 0 Å². The Balaban J connectivity index is 1.45. The van der Waals surface area contributed by atoms with Crippen LogP contribution in [0.1, 0.15) is 16.8 Å². The summed E-state index contributed by atoms with van der Waals surface area (Å²) in [7, 11) is 1.53. The molecule has 1 saturated heterocycles. The summed E-state index contributed by atoms with van der Waals surface area (Å²) in [5.74, 6) is 0.718. The number of methoxy groups -OCH3 is 1. The van der Waals surface area contributed by atoms with E-state index in [0.29, 0.717) is 30.4 Å². The summed E-state index contributed by atoms with van der Waals surface area (Å²) < 4.78 is 11.0. The number of carbonyl (C=O) groups is 1. The zero-order valence-corrected chi connectivity index (χ0v) is 13.8. The maximum Gasteiger partial charge on any atom is 0.278 e. The summed E-state index contributed by atoms with van der Waals surface area (Å²) in [5.41, 5.74) is 1.63. The van der Waals surface area contributed by atoms with Crippen molar-refractivity contribution >= 4 is 16.8 Å². The fourth-order valence-corrected chi connectivity index (χ4v) is 3.06. The molecule has 0 aliphatic carbocycles. The zero-order valence-electron chi connectivity index (χ0n) is 13.8. The highest BCUT2D eigenvalue weighted by atomic mass is 16.5. The topological polar surface area (TPSA) is 80.3 Å². The molecule has 0 spiro atoms. The lowest BCUT2D eigenvalue weighted by molar-refractivity contribution is 0.0770. The molecule has 1 atom stereocenters. The van der Waals surface area contributed by atoms with E-state index in [4.69, 9.17) is 9.47 Å². The van der Waals surface area contributed by atoms with Gasteiger partial charge in [-0.3, -0.25) is 4.79 Å². The number of carbonyl (C=O) groups excluding carboxylic acids is 1. The predicted molar refractivity (Wildman–Crippen MR) is 91.8 cm³/mol. The fourth-order valence-electron chi connectivity index (χ4n) is 3.06. The Morgan fingerprint density at radius 3 is 2.92 bits per heavy atom. The van der Waals surface area contributed by atoms with Crippen LogP contribution in [0.4, 0.5) is 0 Å². The highest BCUT2D eigenvalue weighted by molar-refractivity contribution is 5.98. The van der Waals surface area contributed by atoms with Crippen molar-refractivity contribution in [1.82, 2.24) is 19.9 Å². The molecule has 128 valence electrons. The van der Waals surface area contributed by atoms with E-state index < -0.39 is 0 Å². The molecule has 1 unspecified atom stereocenters. The van der Waals surface area contributed by atoms with Crippen LogP contribution in [0.5, 0.6) is 11.8 Å². The second-order valence-corrected chi connectivity index (χ2v) is 5.93. The highest BCUT2D eigenvalue weighted by Crippen LogP contribution is 2.25. The number of hydrogen-bond donors (Lipinski definition) is 1. The van der Waals surface area contributed by atoms with Crippen molar-refractivity contribution in [3.8, 4) is 11.8 Å². The number of ether oxygens (including phenoxy) is 2. The third-order valence-electron chi connectivity index (χ3n) is 4.34. The van der Waals surface area contributed by atoms with Gasteiger partial charge in [0.2, 0.25) is 0 Å². The highest BCUT2D eigenvalue weighted by Gasteiger charge is 2.29. The third kappa shape index (κ3) is 3.00. The maximum absolute atomic E-state index is 12.7. The molecule has 0 radical (unpaired) electrons. The second kappa shape index (κ2) is 6.43. The van der Waals surface area contributed by atoms with Crippen LogP contribution in [-0.4, -0.2) is 52.1 Å². The molecule has 1 N–H and O–H groups in total. The van der Waals surface area contributed by atoms with Gasteiger partial charge in [-0.05, 0) is 23.6 Å². The average Bonchev–Trinajstić information content (AvgIpc) is 3.30. The fraction of sp³-hybridized carbons (Fsp3) is 0.278. The van der Waals surface area contributed by atoms with Crippen LogP contribution >= 0.6 is 0 Å². The van der Waals surface area contributed by atoms with Gasteiger partial charge in [0.15, 0.2) is 0 Å². The number of H-pyrrole nitrogens is 1. The first-order chi connectivity index (χ1) is 12.2. The molecular weight excluding hydrogens is 320 g/mol. The van der Waals surface area contributed by atoms with Gasteiger partial charge in [0, 0.05) is 42.6 Å². The van der Waals surface area contributed by atoms with E-state index in [9.17, 15) is 4.79 Å². The van der Waals surface area contributed by atoms with Gasteiger partial charge in [-0.15, -0.1) is 0 Å². The second-order valence-electron chi connectivity index (χ2n) is 5.93. The Morgan fingerprint density at radius 1 is 1.24 bits per heavy atom. The summed E-state index contributed by atoms with van der Waals surface area (Å²) in [6.07, 6.45) is 5.60. The zero-order chi connectivity index (χ0) is 17.2. The number of fused-ring (bicyclic) bond motifs is 1. The van der Waals surface area contributed by atoms with Crippen molar-refractivity contribution in [2.75, 3.05) is 20.2 Å². The van der Waals surface area contributed by atoms with Gasteiger partial charge in [-0.25, -0.2) is 9.97 Å². The Labute approximate surface area is 144 Å². The monoisotopic (exact) mass is 338 g/mol. The molecule has 3 aromatic rings. The molecule has 0 bridgehead atoms. The van der Waals surface area contributed by atoms with E-state index in [1.807, 2.05) is 30.5 Å². The number of aromatic nitrogens is 3. The lowest BCUT2D eigenvalue weighted by Crippen LogP contribution is -2.31. The van der Waals surface area contributed by atoms with Crippen LogP contribution in [-0.2, 0) is 0 Å². The van der Waals surface area contributed by atoms with Gasteiger partial charge >= 0.3 is 0 Å². The first-order valence-corrected chi connectivity index (χ1v) is 8.12. The van der Waals surface area contributed by atoms with Gasteiger partial charge in [0.1, 0.15) is 6.10 Å². The lowest BCUT2D eigenvalue weighted by Gasteiger charge is -2.17. The normalized spacial score (nSPS) is 17.0. The van der Waals surface area contributed by atoms with Crippen LogP contribution < -0.4 is 9.47 Å². The maximum atomic E-state index is 12.7. The van der Waals surface area contributed by atoms with Crippen molar-refractivity contribution in [2.45, 2.75) is 12.5 Å². The molecule has 3 heterocycles. The van der Waals surface area contributed by atoms with Crippen molar-refractivity contribution in [2.24, 2.45) is 0 Å².